The van der Waals surface area contributed by atoms with Crippen molar-refractivity contribution < 1.29 is 14.3 Å². The number of nitrogens with one attached hydrogen (secondary N) is 2. The predicted octanol–water partition coefficient (Wildman–Crippen LogP) is 4.69. The normalized spacial score (nSPS) is 11.2. The van der Waals surface area contributed by atoms with Gasteiger partial charge in [0, 0.05) is 40.8 Å². The van der Waals surface area contributed by atoms with Crippen molar-refractivity contribution in [3.8, 4) is 5.75 Å². The van der Waals surface area contributed by atoms with E-state index in [0.29, 0.717) is 29.2 Å². The number of hydrogen-bond acceptors (Lipinski definition) is 4. The number of pyridine rings is 1. The zero-order valence-electron chi connectivity index (χ0n) is 18.8. The first-order valence-corrected chi connectivity index (χ1v) is 10.7. The Labute approximate surface area is 192 Å². The highest BCUT2D eigenvalue weighted by molar-refractivity contribution is 6.05. The predicted molar refractivity (Wildman–Crippen MR) is 128 cm³/mol. The third-order valence-electron chi connectivity index (χ3n) is 4.79. The molecule has 0 saturated heterocycles. The van der Waals surface area contributed by atoms with Gasteiger partial charge in [-0.3, -0.25) is 9.59 Å². The first-order valence-electron chi connectivity index (χ1n) is 10.7. The van der Waals surface area contributed by atoms with E-state index in [4.69, 9.17) is 4.74 Å². The summed E-state index contributed by atoms with van der Waals surface area (Å²) in [6, 6.07) is 19.6. The first-order chi connectivity index (χ1) is 15.8. The molecule has 0 aliphatic heterocycles. The molecule has 0 atom stereocenters. The Morgan fingerprint density at radius 2 is 1.67 bits per heavy atom. The van der Waals surface area contributed by atoms with Gasteiger partial charge >= 0.3 is 0 Å². The lowest BCUT2D eigenvalue weighted by Crippen LogP contribution is -2.40. The van der Waals surface area contributed by atoms with E-state index in [9.17, 15) is 9.59 Å². The van der Waals surface area contributed by atoms with Crippen LogP contribution in [0.1, 0.15) is 47.2 Å². The number of imidazole rings is 1. The number of amides is 2. The second-order valence-electron chi connectivity index (χ2n) is 8.75. The van der Waals surface area contributed by atoms with Gasteiger partial charge in [0.2, 0.25) is 0 Å². The Hall–Kier alpha value is -4.13. The number of ether oxygens (including phenoxy) is 1. The Kier molecular flexibility index (Phi) is 6.13. The van der Waals surface area contributed by atoms with E-state index in [0.717, 1.165) is 11.3 Å². The number of aromatic nitrogens is 2. The van der Waals surface area contributed by atoms with Crippen LogP contribution in [0, 0.1) is 0 Å². The van der Waals surface area contributed by atoms with Gasteiger partial charge < -0.3 is 19.8 Å². The van der Waals surface area contributed by atoms with Gasteiger partial charge in [-0.15, -0.1) is 0 Å². The van der Waals surface area contributed by atoms with Crippen LogP contribution < -0.4 is 15.4 Å². The van der Waals surface area contributed by atoms with Crippen LogP contribution in [-0.4, -0.2) is 26.7 Å². The monoisotopic (exact) mass is 442 g/mol. The lowest BCUT2D eigenvalue weighted by molar-refractivity contribution is 0.0918. The summed E-state index contributed by atoms with van der Waals surface area (Å²) in [5, 5.41) is 5.77. The van der Waals surface area contributed by atoms with E-state index in [1.165, 1.54) is 0 Å². The van der Waals surface area contributed by atoms with Crippen LogP contribution in [0.2, 0.25) is 0 Å². The lowest BCUT2D eigenvalue weighted by Gasteiger charge is -2.20. The van der Waals surface area contributed by atoms with Crippen molar-refractivity contribution in [2.24, 2.45) is 0 Å². The molecule has 168 valence electrons. The fourth-order valence-electron chi connectivity index (χ4n) is 3.27. The van der Waals surface area contributed by atoms with Gasteiger partial charge in [0.15, 0.2) is 0 Å². The minimum absolute atomic E-state index is 0.176. The van der Waals surface area contributed by atoms with E-state index in [1.54, 1.807) is 36.4 Å². The van der Waals surface area contributed by atoms with Crippen LogP contribution in [0.5, 0.6) is 5.75 Å². The van der Waals surface area contributed by atoms with Gasteiger partial charge in [-0.1, -0.05) is 12.1 Å². The van der Waals surface area contributed by atoms with Crippen molar-refractivity contribution in [2.75, 3.05) is 5.32 Å². The number of rotatable bonds is 6. The van der Waals surface area contributed by atoms with Crippen molar-refractivity contribution >= 4 is 23.1 Å². The molecule has 2 N–H and O–H groups in total. The SMILES string of the molecule is CC(C)(C)NC(=O)c1ccc(C(=O)Nc2cccc(OCc3cn4ccccc4n3)c2)cc1. The molecule has 33 heavy (non-hydrogen) atoms. The van der Waals surface area contributed by atoms with E-state index in [1.807, 2.05) is 67.9 Å². The van der Waals surface area contributed by atoms with E-state index in [2.05, 4.69) is 15.6 Å². The summed E-state index contributed by atoms with van der Waals surface area (Å²) in [4.78, 5) is 29.4. The van der Waals surface area contributed by atoms with Gasteiger partial charge in [0.05, 0.1) is 5.69 Å². The van der Waals surface area contributed by atoms with Gasteiger partial charge in [0.1, 0.15) is 18.0 Å². The summed E-state index contributed by atoms with van der Waals surface area (Å²) in [7, 11) is 0. The Morgan fingerprint density at radius 1 is 0.939 bits per heavy atom. The molecule has 0 saturated carbocycles. The molecule has 4 rings (SSSR count). The highest BCUT2D eigenvalue weighted by Gasteiger charge is 2.16. The van der Waals surface area contributed by atoms with Crippen LogP contribution in [-0.2, 0) is 6.61 Å². The number of carbonyl (C=O) groups is 2. The van der Waals surface area contributed by atoms with E-state index < -0.39 is 0 Å². The fourth-order valence-corrected chi connectivity index (χ4v) is 3.27. The highest BCUT2D eigenvalue weighted by Crippen LogP contribution is 2.20. The molecule has 0 aliphatic carbocycles. The maximum Gasteiger partial charge on any atom is 0.255 e. The molecule has 0 unspecified atom stereocenters. The Balaban J connectivity index is 1.37. The van der Waals surface area contributed by atoms with Crippen LogP contribution >= 0.6 is 0 Å². The molecule has 7 nitrogen and oxygen atoms in total. The molecule has 7 heteroatoms. The summed E-state index contributed by atoms with van der Waals surface area (Å²) in [5.74, 6) is 0.180. The quantitative estimate of drug-likeness (QED) is 0.454. The van der Waals surface area contributed by atoms with Gasteiger partial charge in [-0.25, -0.2) is 4.98 Å². The molecule has 0 radical (unpaired) electrons. The summed E-state index contributed by atoms with van der Waals surface area (Å²) in [6.07, 6.45) is 3.86. The van der Waals surface area contributed by atoms with Gasteiger partial charge in [-0.05, 0) is 69.3 Å². The molecule has 0 bridgehead atoms. The smallest absolute Gasteiger partial charge is 0.255 e. The summed E-state index contributed by atoms with van der Waals surface area (Å²) in [6.45, 7) is 6.07. The van der Waals surface area contributed by atoms with Crippen molar-refractivity contribution in [1.82, 2.24) is 14.7 Å². The standard InChI is InChI=1S/C26H26N4O3/c1-26(2,3)29-25(32)19-12-10-18(11-13-19)24(31)28-20-7-6-8-22(15-20)33-17-21-16-30-14-5-4-9-23(30)27-21/h4-16H,17H2,1-3H3,(H,28,31)(H,29,32). The first kappa shape index (κ1) is 22.1. The summed E-state index contributed by atoms with van der Waals surface area (Å²) in [5.41, 5.74) is 2.92. The highest BCUT2D eigenvalue weighted by atomic mass is 16.5. The third-order valence-corrected chi connectivity index (χ3v) is 4.79. The molecule has 0 fully saturated rings. The van der Waals surface area contributed by atoms with Crippen LogP contribution in [0.15, 0.2) is 79.1 Å². The van der Waals surface area contributed by atoms with Crippen LogP contribution in [0.25, 0.3) is 5.65 Å². The zero-order chi connectivity index (χ0) is 23.4. The number of hydrogen-bond donors (Lipinski definition) is 2. The molecule has 2 aromatic heterocycles. The second-order valence-corrected chi connectivity index (χ2v) is 8.75. The van der Waals surface area contributed by atoms with E-state index >= 15 is 0 Å². The average Bonchev–Trinajstić information content (AvgIpc) is 3.20. The summed E-state index contributed by atoms with van der Waals surface area (Å²) < 4.78 is 7.80. The molecule has 2 heterocycles. The van der Waals surface area contributed by atoms with Crippen molar-refractivity contribution in [3.63, 3.8) is 0 Å². The van der Waals surface area contributed by atoms with Crippen LogP contribution in [0.3, 0.4) is 0 Å². The Bertz CT molecular complexity index is 1250. The van der Waals surface area contributed by atoms with Crippen LogP contribution in [0.4, 0.5) is 5.69 Å². The topological polar surface area (TPSA) is 84.7 Å². The maximum absolute atomic E-state index is 12.6. The lowest BCUT2D eigenvalue weighted by atomic mass is 10.1. The second kappa shape index (κ2) is 9.16. The third kappa shape index (κ3) is 5.77. The number of benzene rings is 2. The largest absolute Gasteiger partial charge is 0.487 e. The number of nitrogens with zero attached hydrogens (tertiary/aromatic N) is 2. The average molecular weight is 443 g/mol. The zero-order valence-corrected chi connectivity index (χ0v) is 18.8. The molecule has 2 amide bonds. The van der Waals surface area contributed by atoms with Crippen molar-refractivity contribution in [1.29, 1.82) is 0 Å². The molecular weight excluding hydrogens is 416 g/mol. The fraction of sp³-hybridized carbons (Fsp3) is 0.192. The minimum Gasteiger partial charge on any atom is -0.487 e. The van der Waals surface area contributed by atoms with Gasteiger partial charge in [0.25, 0.3) is 11.8 Å². The number of carbonyl (C=O) groups excluding carboxylic acids is 2. The molecule has 0 aliphatic rings. The molecular formula is C26H26N4O3. The summed E-state index contributed by atoms with van der Waals surface area (Å²) >= 11 is 0. The number of anilines is 1. The Morgan fingerprint density at radius 3 is 2.36 bits per heavy atom. The maximum atomic E-state index is 12.6. The minimum atomic E-state index is -0.328. The van der Waals surface area contributed by atoms with Gasteiger partial charge in [-0.2, -0.15) is 0 Å². The van der Waals surface area contributed by atoms with E-state index in [-0.39, 0.29) is 17.4 Å². The molecule has 0 spiro atoms. The van der Waals surface area contributed by atoms with Crippen molar-refractivity contribution in [2.45, 2.75) is 32.9 Å². The molecule has 2 aromatic carbocycles. The number of fused-ring (bicyclic) bond motifs is 1. The molecule has 4 aromatic rings. The van der Waals surface area contributed by atoms with Crippen molar-refractivity contribution in [3.05, 3.63) is 95.9 Å².